The second-order valence-corrected chi connectivity index (χ2v) is 35.2. The van der Waals surface area contributed by atoms with Crippen LogP contribution in [0.1, 0.15) is 213 Å². The standard InChI is InChI=1S/C42H62O16.C30H46O4/c1-37(2)23-8-11-42(7)31(22(45)16-20-21-17-39(4,36(51)52)13-12-38(21,3)14-15-41(20,42)6)40(23,5)10-9-24(37)55-35-30(26(47)29(50)33(58-35)54-19-44)56-34-28(49)25(46)27(48)32(57-34)53-18-43;1-25(2)21-8-11-30(7)23(28(21,5)10-9-22(25)32)20(31)16-18-19-17-27(4,24(33)34)13-12-26(19,3)14-15-29(18,30)6/h16,18-19,21,23-35,46-50H,8-15,17H2,1-7H3,(H,51,52);16,19,21-23,32H,8-15,17H2,1-7H3,(H,33,34)/t21-,23-,24-,25-,26-,27-,28?,29-,30?,31+,32?,33?,34+,35-,38+,39-,40-,41+,42+;19-,21-,22-,23+,26+,27-,28-,29+,30+/m00/s1. The molecule has 92 heavy (non-hydrogen) atoms. The number of hydrogen-bond donors (Lipinski definition) is 8. The lowest BCUT2D eigenvalue weighted by atomic mass is 9.33. The number of fused-ring (bicyclic) bond motifs is 14. The van der Waals surface area contributed by atoms with Gasteiger partial charge in [-0.3, -0.25) is 28.8 Å². The van der Waals surface area contributed by atoms with E-state index < -0.39 is 107 Å². The van der Waals surface area contributed by atoms with E-state index in [0.29, 0.717) is 38.0 Å². The lowest BCUT2D eigenvalue weighted by molar-refractivity contribution is -0.404. The Hall–Kier alpha value is -3.70. The molecule has 0 aromatic carbocycles. The van der Waals surface area contributed by atoms with Crippen LogP contribution in [0.4, 0.5) is 0 Å². The summed E-state index contributed by atoms with van der Waals surface area (Å²) < 4.78 is 33.5. The van der Waals surface area contributed by atoms with Crippen LogP contribution in [0.15, 0.2) is 23.3 Å². The minimum atomic E-state index is -1.90. The van der Waals surface area contributed by atoms with E-state index in [1.165, 1.54) is 5.57 Å². The second-order valence-electron chi connectivity index (χ2n) is 35.2. The van der Waals surface area contributed by atoms with Crippen molar-refractivity contribution in [3.05, 3.63) is 23.3 Å². The number of carbonyl (C=O) groups is 6. The van der Waals surface area contributed by atoms with Gasteiger partial charge in [0.25, 0.3) is 12.9 Å². The Bertz CT molecular complexity index is 3010. The van der Waals surface area contributed by atoms with Crippen molar-refractivity contribution in [2.45, 2.75) is 286 Å². The van der Waals surface area contributed by atoms with Crippen LogP contribution >= 0.6 is 0 Å². The van der Waals surface area contributed by atoms with E-state index in [2.05, 4.69) is 83.1 Å². The summed E-state index contributed by atoms with van der Waals surface area (Å²) in [6.07, 6.45) is -0.0517. The molecule has 12 rings (SSSR count). The fourth-order valence-corrected chi connectivity index (χ4v) is 23.6. The molecule has 0 amide bonds. The molecule has 0 radical (unpaired) electrons. The summed E-state index contributed by atoms with van der Waals surface area (Å²) >= 11 is 0. The minimum Gasteiger partial charge on any atom is -0.481 e. The van der Waals surface area contributed by atoms with Crippen LogP contribution in [0, 0.1) is 100 Å². The normalized spacial score (nSPS) is 53.0. The van der Waals surface area contributed by atoms with E-state index in [9.17, 15) is 69.6 Å². The number of ketones is 2. The topological polar surface area (TPSA) is 320 Å². The molecule has 12 aliphatic rings. The van der Waals surface area contributed by atoms with Crippen molar-refractivity contribution in [3.8, 4) is 0 Å². The maximum absolute atomic E-state index is 14.9. The molecule has 0 spiro atoms. The van der Waals surface area contributed by atoms with Crippen LogP contribution in [-0.2, 0) is 57.2 Å². The molecule has 2 saturated heterocycles. The molecule has 2 aliphatic heterocycles. The van der Waals surface area contributed by atoms with Gasteiger partial charge in [-0.1, -0.05) is 94.2 Å². The minimum absolute atomic E-state index is 0.00244. The first kappa shape index (κ1) is 69.6. The lowest BCUT2D eigenvalue weighted by Crippen LogP contribution is -2.68. The quantitative estimate of drug-likeness (QED) is 0.0748. The number of allylic oxidation sites excluding steroid dienone is 4. The molecule has 20 heteroatoms. The zero-order valence-corrected chi connectivity index (χ0v) is 56.9. The highest BCUT2D eigenvalue weighted by Crippen LogP contribution is 2.78. The molecule has 10 fully saturated rings. The molecule has 8 N–H and O–H groups in total. The van der Waals surface area contributed by atoms with Gasteiger partial charge >= 0.3 is 11.9 Å². The van der Waals surface area contributed by atoms with Gasteiger partial charge < -0.3 is 69.3 Å². The number of hydrogen-bond acceptors (Lipinski definition) is 18. The van der Waals surface area contributed by atoms with E-state index in [1.54, 1.807) is 0 Å². The summed E-state index contributed by atoms with van der Waals surface area (Å²) in [6, 6.07) is 0. The van der Waals surface area contributed by atoms with Crippen molar-refractivity contribution in [2.24, 2.45) is 100 Å². The molecule has 20 nitrogen and oxygen atoms in total. The number of aliphatic hydroxyl groups is 6. The Kier molecular flexibility index (Phi) is 17.4. The molecule has 28 atom stereocenters. The van der Waals surface area contributed by atoms with E-state index in [-0.39, 0.29) is 98.1 Å². The van der Waals surface area contributed by atoms with Gasteiger partial charge in [-0.05, 0) is 219 Å². The van der Waals surface area contributed by atoms with Crippen molar-refractivity contribution in [1.82, 2.24) is 0 Å². The molecule has 10 aliphatic carbocycles. The highest BCUT2D eigenvalue weighted by molar-refractivity contribution is 5.96. The van der Waals surface area contributed by atoms with Gasteiger partial charge in [-0.25, -0.2) is 0 Å². The highest BCUT2D eigenvalue weighted by Gasteiger charge is 2.73. The van der Waals surface area contributed by atoms with Crippen molar-refractivity contribution in [2.75, 3.05) is 0 Å². The largest absolute Gasteiger partial charge is 0.481 e. The van der Waals surface area contributed by atoms with Crippen LogP contribution in [0.25, 0.3) is 0 Å². The van der Waals surface area contributed by atoms with E-state index >= 15 is 0 Å². The van der Waals surface area contributed by atoms with Gasteiger partial charge in [0.05, 0.1) is 23.0 Å². The molecule has 0 aromatic heterocycles. The average Bonchev–Trinajstić information content (AvgIpc) is 0.680. The Morgan fingerprint density at radius 1 is 0.467 bits per heavy atom. The molecular formula is C72H108O20. The van der Waals surface area contributed by atoms with E-state index in [4.69, 9.17) is 28.4 Å². The van der Waals surface area contributed by atoms with Crippen molar-refractivity contribution in [1.29, 1.82) is 0 Å². The van der Waals surface area contributed by atoms with Gasteiger partial charge in [0.15, 0.2) is 24.1 Å². The third-order valence-corrected chi connectivity index (χ3v) is 30.1. The van der Waals surface area contributed by atoms with Crippen LogP contribution in [-0.4, -0.2) is 151 Å². The van der Waals surface area contributed by atoms with Crippen LogP contribution in [0.3, 0.4) is 0 Å². The summed E-state index contributed by atoms with van der Waals surface area (Å²) in [5, 5.41) is 84.8. The van der Waals surface area contributed by atoms with Crippen LogP contribution < -0.4 is 0 Å². The Balaban J connectivity index is 0.000000216. The van der Waals surface area contributed by atoms with Crippen molar-refractivity contribution < 1.29 is 98.0 Å². The third-order valence-electron chi connectivity index (χ3n) is 30.1. The van der Waals surface area contributed by atoms with Crippen molar-refractivity contribution >= 4 is 36.4 Å². The van der Waals surface area contributed by atoms with E-state index in [1.807, 2.05) is 26.0 Å². The lowest BCUT2D eigenvalue weighted by Gasteiger charge is -2.70. The van der Waals surface area contributed by atoms with Gasteiger partial charge in [-0.2, -0.15) is 0 Å². The van der Waals surface area contributed by atoms with Gasteiger partial charge in [-0.15, -0.1) is 0 Å². The first-order chi connectivity index (χ1) is 42.6. The number of carbonyl (C=O) groups excluding carboxylic acids is 4. The predicted molar refractivity (Wildman–Crippen MR) is 332 cm³/mol. The molecule has 4 unspecified atom stereocenters. The SMILES string of the molecule is CC1(C)[C@@H](O)CC[C@]2(C)[C@H]3C(=O)C=C4[C@@H]5C[C@@](C)(C(=O)O)CC[C@]5(C)CC[C@@]4(C)[C@]3(C)CC[C@@H]12.CC1(C)[C@@H](O[C@H]2OC(OC=O)[C@@H](O)[C@H](O)C2O[C@@H]2OC(OC=O)[C@@H](O)[C@H](O)C2O)CC[C@]2(C)[C@H]3C(=O)C=C4[C@@H]5C[C@@](C)(C(=O)O)CC[C@]5(C)CC[C@@]4(C)[C@]3(C)CC[C@@H]12. The second kappa shape index (κ2) is 23.0. The average molecular weight is 1290 g/mol. The number of aliphatic carboxylic acids is 2. The van der Waals surface area contributed by atoms with Crippen LogP contribution in [0.2, 0.25) is 0 Å². The Morgan fingerprint density at radius 3 is 1.32 bits per heavy atom. The molecule has 0 aromatic rings. The van der Waals surface area contributed by atoms with Gasteiger partial charge in [0, 0.05) is 11.8 Å². The molecule has 8 saturated carbocycles. The number of rotatable bonds is 10. The molecule has 2 heterocycles. The number of carboxylic acids is 2. The maximum atomic E-state index is 14.9. The summed E-state index contributed by atoms with van der Waals surface area (Å²) in [5.41, 5.74) is -1.45. The first-order valence-electron chi connectivity index (χ1n) is 34.5. The summed E-state index contributed by atoms with van der Waals surface area (Å²) in [4.78, 5) is 76.2. The zero-order valence-electron chi connectivity index (χ0n) is 56.9. The maximum Gasteiger partial charge on any atom is 0.309 e. The first-order valence-corrected chi connectivity index (χ1v) is 34.5. The number of aliphatic hydroxyl groups excluding tert-OH is 6. The van der Waals surface area contributed by atoms with Crippen LogP contribution in [0.5, 0.6) is 0 Å². The number of carboxylic acid groups (broad SMARTS) is 2. The Morgan fingerprint density at radius 2 is 0.870 bits per heavy atom. The van der Waals surface area contributed by atoms with Crippen molar-refractivity contribution in [3.63, 3.8) is 0 Å². The highest BCUT2D eigenvalue weighted by atomic mass is 16.8. The fraction of sp³-hybridized carbons (Fsp3) is 0.861. The Labute approximate surface area is 542 Å². The summed E-state index contributed by atoms with van der Waals surface area (Å²) in [5.74, 6) is -0.991. The fourth-order valence-electron chi connectivity index (χ4n) is 23.6. The summed E-state index contributed by atoms with van der Waals surface area (Å²) in [7, 11) is 0. The molecule has 0 bridgehead atoms. The zero-order chi connectivity index (χ0) is 67.7. The third kappa shape index (κ3) is 10.0. The van der Waals surface area contributed by atoms with E-state index in [0.717, 1.165) is 89.0 Å². The number of ether oxygens (including phenoxy) is 6. The monoisotopic (exact) mass is 1290 g/mol. The molecule has 516 valence electrons. The summed E-state index contributed by atoms with van der Waals surface area (Å²) in [6.45, 7) is 30.9. The molecular weight excluding hydrogens is 1180 g/mol. The van der Waals surface area contributed by atoms with Gasteiger partial charge in [0.2, 0.25) is 12.6 Å². The smallest absolute Gasteiger partial charge is 0.309 e. The predicted octanol–water partition coefficient (Wildman–Crippen LogP) is 8.75. The van der Waals surface area contributed by atoms with Gasteiger partial charge in [0.1, 0.15) is 36.6 Å².